The quantitative estimate of drug-likeness (QED) is 0.514. The minimum Gasteiger partial charge on any atom is -0.443 e. The topological polar surface area (TPSA) is 98.3 Å². The predicted octanol–water partition coefficient (Wildman–Crippen LogP) is 2.50. The zero-order valence-corrected chi connectivity index (χ0v) is 22.5. The summed E-state index contributed by atoms with van der Waals surface area (Å²) >= 11 is 5.80. The number of hydrogen-bond acceptors (Lipinski definition) is 8. The van der Waals surface area contributed by atoms with Crippen LogP contribution in [0.4, 0.5) is 29.5 Å². The minimum absolute atomic E-state index is 0.0454. The highest BCUT2D eigenvalue weighted by molar-refractivity contribution is 7.89. The van der Waals surface area contributed by atoms with Crippen LogP contribution >= 0.6 is 11.6 Å². The van der Waals surface area contributed by atoms with Crippen molar-refractivity contribution in [3.63, 3.8) is 0 Å². The van der Waals surface area contributed by atoms with Crippen LogP contribution in [0.3, 0.4) is 0 Å². The second-order valence-corrected chi connectivity index (χ2v) is 11.9. The number of rotatable bonds is 6. The van der Waals surface area contributed by atoms with Crippen LogP contribution in [0.1, 0.15) is 5.56 Å². The Morgan fingerprint density at radius 2 is 1.69 bits per heavy atom. The van der Waals surface area contributed by atoms with Crippen molar-refractivity contribution in [2.75, 3.05) is 75.2 Å². The minimum atomic E-state index is -4.57. The first-order valence-corrected chi connectivity index (χ1v) is 14.3. The van der Waals surface area contributed by atoms with Crippen LogP contribution in [-0.4, -0.2) is 100 Å². The molecule has 1 atom stereocenters. The second-order valence-electron chi connectivity index (χ2n) is 9.59. The summed E-state index contributed by atoms with van der Waals surface area (Å²) in [6.07, 6.45) is -5.31. The number of carbonyl (C=O) groups is 1. The Hall–Kier alpha value is -2.65. The molecule has 1 amide bonds. The molecule has 10 nitrogen and oxygen atoms in total. The molecule has 4 heterocycles. The van der Waals surface area contributed by atoms with Crippen LogP contribution in [0.5, 0.6) is 0 Å². The van der Waals surface area contributed by atoms with Gasteiger partial charge in [-0.25, -0.2) is 18.2 Å². The first-order chi connectivity index (χ1) is 18.5. The van der Waals surface area contributed by atoms with Crippen molar-refractivity contribution < 1.29 is 31.1 Å². The molecule has 5 rings (SSSR count). The average molecular weight is 589 g/mol. The number of alkyl halides is 3. The molecule has 0 bridgehead atoms. The van der Waals surface area contributed by atoms with E-state index in [9.17, 15) is 26.4 Å². The molecular weight excluding hydrogens is 561 g/mol. The SMILES string of the molecule is O=C1OC(CN2CCNCC2)CN1c1ccc(S(=O)(=O)N2CCN(c3cc(C(F)(F)F)cc(Cl)n3)CC2)cc1. The molecule has 2 aromatic rings. The zero-order valence-electron chi connectivity index (χ0n) is 20.9. The Kier molecular flexibility index (Phi) is 7.93. The summed E-state index contributed by atoms with van der Waals surface area (Å²) in [5.41, 5.74) is -0.372. The van der Waals surface area contributed by atoms with Crippen molar-refractivity contribution in [3.05, 3.63) is 47.1 Å². The van der Waals surface area contributed by atoms with Gasteiger partial charge in [0, 0.05) is 64.6 Å². The number of halogens is 4. The van der Waals surface area contributed by atoms with Crippen LogP contribution in [0, 0.1) is 0 Å². The lowest BCUT2D eigenvalue weighted by Gasteiger charge is -2.35. The van der Waals surface area contributed by atoms with Gasteiger partial charge < -0.3 is 15.0 Å². The zero-order chi connectivity index (χ0) is 27.8. The maximum absolute atomic E-state index is 13.2. The van der Waals surface area contributed by atoms with Crippen molar-refractivity contribution >= 4 is 39.2 Å². The molecule has 39 heavy (non-hydrogen) atoms. The van der Waals surface area contributed by atoms with E-state index in [1.54, 1.807) is 17.0 Å². The summed E-state index contributed by atoms with van der Waals surface area (Å²) < 4.78 is 72.8. The number of pyridine rings is 1. The van der Waals surface area contributed by atoms with Crippen LogP contribution < -0.4 is 15.1 Å². The first kappa shape index (κ1) is 27.9. The Balaban J connectivity index is 1.21. The van der Waals surface area contributed by atoms with E-state index in [4.69, 9.17) is 16.3 Å². The number of nitrogens with zero attached hydrogens (tertiary/aromatic N) is 5. The van der Waals surface area contributed by atoms with E-state index in [0.717, 1.165) is 38.3 Å². The van der Waals surface area contributed by atoms with Crippen LogP contribution in [0.25, 0.3) is 0 Å². The number of anilines is 2. The number of cyclic esters (lactones) is 1. The second kappa shape index (κ2) is 11.1. The third-order valence-corrected chi connectivity index (χ3v) is 9.11. The summed E-state index contributed by atoms with van der Waals surface area (Å²) in [6.45, 7) is 5.01. The van der Waals surface area contributed by atoms with Crippen LogP contribution in [0.15, 0.2) is 41.3 Å². The van der Waals surface area contributed by atoms with Gasteiger partial charge in [0.15, 0.2) is 0 Å². The van der Waals surface area contributed by atoms with Crippen molar-refractivity contribution in [2.24, 2.45) is 0 Å². The molecule has 3 saturated heterocycles. The Labute approximate surface area is 229 Å². The summed E-state index contributed by atoms with van der Waals surface area (Å²) in [5, 5.41) is 3.00. The average Bonchev–Trinajstić information content (AvgIpc) is 3.28. The van der Waals surface area contributed by atoms with Crippen LogP contribution in [0.2, 0.25) is 5.15 Å². The largest absolute Gasteiger partial charge is 0.443 e. The lowest BCUT2D eigenvalue weighted by molar-refractivity contribution is -0.137. The molecular formula is C24H28ClF3N6O4S. The molecule has 3 aliphatic rings. The summed E-state index contributed by atoms with van der Waals surface area (Å²) in [7, 11) is -3.86. The lowest BCUT2D eigenvalue weighted by atomic mass is 10.2. The third kappa shape index (κ3) is 6.24. The molecule has 0 spiro atoms. The molecule has 0 saturated carbocycles. The number of piperazine rings is 2. The maximum atomic E-state index is 13.2. The maximum Gasteiger partial charge on any atom is 0.416 e. The number of ether oxygens (including phenoxy) is 1. The Morgan fingerprint density at radius 1 is 1.03 bits per heavy atom. The van der Waals surface area contributed by atoms with Gasteiger partial charge in [-0.05, 0) is 36.4 Å². The number of aromatic nitrogens is 1. The first-order valence-electron chi connectivity index (χ1n) is 12.5. The molecule has 1 aromatic heterocycles. The van der Waals surface area contributed by atoms with Gasteiger partial charge in [0.25, 0.3) is 0 Å². The summed E-state index contributed by atoms with van der Waals surface area (Å²) in [5.74, 6) is 0.0454. The normalized spacial score (nSPS) is 21.8. The Morgan fingerprint density at radius 3 is 2.33 bits per heavy atom. The van der Waals surface area contributed by atoms with E-state index in [-0.39, 0.29) is 48.1 Å². The van der Waals surface area contributed by atoms with E-state index >= 15 is 0 Å². The fourth-order valence-electron chi connectivity index (χ4n) is 4.92. The van der Waals surface area contributed by atoms with Gasteiger partial charge in [0.05, 0.1) is 17.0 Å². The highest BCUT2D eigenvalue weighted by atomic mass is 35.5. The number of hydrogen-bond donors (Lipinski definition) is 1. The molecule has 1 unspecified atom stereocenters. The predicted molar refractivity (Wildman–Crippen MR) is 139 cm³/mol. The smallest absolute Gasteiger partial charge is 0.416 e. The summed E-state index contributed by atoms with van der Waals surface area (Å²) in [6, 6.07) is 7.71. The molecule has 3 aliphatic heterocycles. The van der Waals surface area contributed by atoms with Crippen molar-refractivity contribution in [1.29, 1.82) is 0 Å². The van der Waals surface area contributed by atoms with Crippen molar-refractivity contribution in [1.82, 2.24) is 19.5 Å². The fraction of sp³-hybridized carbons (Fsp3) is 0.500. The van der Waals surface area contributed by atoms with Crippen LogP contribution in [-0.2, 0) is 20.9 Å². The molecule has 212 valence electrons. The van der Waals surface area contributed by atoms with E-state index in [0.29, 0.717) is 18.8 Å². The molecule has 15 heteroatoms. The molecule has 0 radical (unpaired) electrons. The van der Waals surface area contributed by atoms with Gasteiger partial charge in [-0.1, -0.05) is 11.6 Å². The van der Waals surface area contributed by atoms with Gasteiger partial charge in [0.1, 0.15) is 17.1 Å². The third-order valence-electron chi connectivity index (χ3n) is 7.00. The number of sulfonamides is 1. The highest BCUT2D eigenvalue weighted by Gasteiger charge is 2.35. The number of benzene rings is 1. The monoisotopic (exact) mass is 588 g/mol. The number of nitrogens with one attached hydrogen (secondary N) is 1. The molecule has 0 aliphatic carbocycles. The van der Waals surface area contributed by atoms with E-state index in [1.165, 1.54) is 21.3 Å². The van der Waals surface area contributed by atoms with E-state index in [1.807, 2.05) is 0 Å². The van der Waals surface area contributed by atoms with Crippen molar-refractivity contribution in [3.8, 4) is 0 Å². The van der Waals surface area contributed by atoms with Gasteiger partial charge in [0.2, 0.25) is 10.0 Å². The summed E-state index contributed by atoms with van der Waals surface area (Å²) in [4.78, 5) is 21.8. The molecule has 1 aromatic carbocycles. The van der Waals surface area contributed by atoms with Gasteiger partial charge in [-0.3, -0.25) is 9.80 Å². The highest BCUT2D eigenvalue weighted by Crippen LogP contribution is 2.33. The number of amides is 1. The van der Waals surface area contributed by atoms with Crippen molar-refractivity contribution in [2.45, 2.75) is 17.2 Å². The van der Waals surface area contributed by atoms with E-state index in [2.05, 4.69) is 15.2 Å². The van der Waals surface area contributed by atoms with E-state index < -0.39 is 27.9 Å². The Bertz CT molecular complexity index is 1300. The standard InChI is InChI=1S/C24H28ClF3N6O4S/c25-21-13-17(24(26,27)28)14-22(30-21)32-9-11-33(12-10-32)39(36,37)20-3-1-18(2-4-20)34-16-19(38-23(34)35)15-31-7-5-29-6-8-31/h1-4,13-14,19,29H,5-12,15-16H2. The van der Waals surface area contributed by atoms with Gasteiger partial charge >= 0.3 is 12.3 Å². The molecule has 3 fully saturated rings. The van der Waals surface area contributed by atoms with Gasteiger partial charge in [-0.2, -0.15) is 17.5 Å². The molecule has 1 N–H and O–H groups in total. The number of carbonyl (C=O) groups excluding carboxylic acids is 1. The van der Waals surface area contributed by atoms with Gasteiger partial charge in [-0.15, -0.1) is 0 Å². The lowest BCUT2D eigenvalue weighted by Crippen LogP contribution is -2.49. The fourth-order valence-corrected chi connectivity index (χ4v) is 6.55.